The Morgan fingerprint density at radius 2 is 1.70 bits per heavy atom. The molecule has 4 atom stereocenters. The molecular weight excluding hydrogens is 412 g/mol. The Labute approximate surface area is 173 Å². The summed E-state index contributed by atoms with van der Waals surface area (Å²) in [7, 11) is 0. The van der Waals surface area contributed by atoms with Gasteiger partial charge in [0.05, 0.1) is 17.8 Å². The number of aliphatic hydroxyl groups excluding tert-OH is 1. The molecule has 0 saturated heterocycles. The summed E-state index contributed by atoms with van der Waals surface area (Å²) in [5.74, 6) is 0. The average Bonchev–Trinajstić information content (AvgIpc) is 2.63. The fourth-order valence-electron chi connectivity index (χ4n) is 4.15. The quantitative estimate of drug-likeness (QED) is 0.549. The van der Waals surface area contributed by atoms with Gasteiger partial charge in [-0.25, -0.2) is 0 Å². The summed E-state index contributed by atoms with van der Waals surface area (Å²) in [6.45, 7) is 4.38. The third-order valence-corrected chi connectivity index (χ3v) is 5.51. The molecule has 1 aromatic rings. The van der Waals surface area contributed by atoms with E-state index in [1.807, 2.05) is 13.8 Å². The second-order valence-corrected chi connectivity index (χ2v) is 8.14. The molecule has 1 aliphatic carbocycles. The van der Waals surface area contributed by atoms with Crippen LogP contribution in [0.15, 0.2) is 24.3 Å². The number of hydrogen-bond donors (Lipinski definition) is 1. The standard InChI is InChI=1S/C21H29F6NO2/c1-13(2)30-16-8-6-7-15(11-16)28(12-19(29)21(25,26)27)14(3)17-9-4-5-10-18(17)20(22,23)24/h4-5,9-10,13-16,19,29H,6-8,11-12H2,1-3H3. The second-order valence-electron chi connectivity index (χ2n) is 8.14. The fourth-order valence-corrected chi connectivity index (χ4v) is 4.15. The molecule has 0 bridgehead atoms. The Morgan fingerprint density at radius 1 is 1.07 bits per heavy atom. The van der Waals surface area contributed by atoms with Crippen LogP contribution in [0.25, 0.3) is 0 Å². The van der Waals surface area contributed by atoms with Crippen LogP contribution in [0.4, 0.5) is 26.3 Å². The maximum atomic E-state index is 13.5. The van der Waals surface area contributed by atoms with E-state index in [0.29, 0.717) is 19.3 Å². The Morgan fingerprint density at radius 3 is 2.27 bits per heavy atom. The zero-order chi connectivity index (χ0) is 22.7. The largest absolute Gasteiger partial charge is 0.416 e. The Balaban J connectivity index is 2.37. The normalized spacial score (nSPS) is 23.1. The van der Waals surface area contributed by atoms with Crippen molar-refractivity contribution in [3.05, 3.63) is 35.4 Å². The number of ether oxygens (including phenoxy) is 1. The maximum absolute atomic E-state index is 13.5. The number of benzene rings is 1. The first kappa shape index (κ1) is 24.9. The first-order valence-electron chi connectivity index (χ1n) is 10.1. The maximum Gasteiger partial charge on any atom is 0.416 e. The molecular formula is C21H29F6NO2. The molecule has 0 amide bonds. The number of aliphatic hydroxyl groups is 1. The number of hydrogen-bond acceptors (Lipinski definition) is 3. The van der Waals surface area contributed by atoms with Crippen molar-refractivity contribution in [2.24, 2.45) is 0 Å². The van der Waals surface area contributed by atoms with Crippen LogP contribution in [-0.2, 0) is 10.9 Å². The molecule has 0 radical (unpaired) electrons. The van der Waals surface area contributed by atoms with Gasteiger partial charge >= 0.3 is 12.4 Å². The number of alkyl halides is 6. The van der Waals surface area contributed by atoms with Gasteiger partial charge in [0.25, 0.3) is 0 Å². The van der Waals surface area contributed by atoms with Crippen molar-refractivity contribution < 1.29 is 36.2 Å². The summed E-state index contributed by atoms with van der Waals surface area (Å²) in [5.41, 5.74) is -0.985. The molecule has 9 heteroatoms. The Bertz CT molecular complexity index is 676. The third-order valence-electron chi connectivity index (χ3n) is 5.51. The molecule has 1 N–H and O–H groups in total. The van der Waals surface area contributed by atoms with Gasteiger partial charge < -0.3 is 9.84 Å². The SMILES string of the molecule is CC(C)OC1CCCC(N(CC(O)C(F)(F)F)C(C)c2ccccc2C(F)(F)F)C1. The molecule has 2 rings (SSSR count). The minimum atomic E-state index is -4.86. The Hall–Kier alpha value is -1.32. The van der Waals surface area contributed by atoms with Gasteiger partial charge in [-0.15, -0.1) is 0 Å². The van der Waals surface area contributed by atoms with Crippen LogP contribution >= 0.6 is 0 Å². The van der Waals surface area contributed by atoms with E-state index in [1.165, 1.54) is 30.0 Å². The molecule has 4 unspecified atom stereocenters. The molecule has 1 saturated carbocycles. The van der Waals surface area contributed by atoms with E-state index >= 15 is 0 Å². The van der Waals surface area contributed by atoms with Crippen molar-refractivity contribution in [1.82, 2.24) is 4.90 Å². The van der Waals surface area contributed by atoms with E-state index in [9.17, 15) is 31.4 Å². The third kappa shape index (κ3) is 6.59. The summed E-state index contributed by atoms with van der Waals surface area (Å²) < 4.78 is 85.6. The molecule has 0 heterocycles. The van der Waals surface area contributed by atoms with Crippen molar-refractivity contribution >= 4 is 0 Å². The van der Waals surface area contributed by atoms with E-state index in [0.717, 1.165) is 12.5 Å². The Kier molecular flexibility index (Phi) is 8.21. The van der Waals surface area contributed by atoms with E-state index in [2.05, 4.69) is 0 Å². The molecule has 1 aromatic carbocycles. The van der Waals surface area contributed by atoms with Gasteiger partial charge in [0.15, 0.2) is 6.10 Å². The van der Waals surface area contributed by atoms with Gasteiger partial charge in [-0.05, 0) is 58.1 Å². The van der Waals surface area contributed by atoms with Crippen LogP contribution in [0.2, 0.25) is 0 Å². The predicted octanol–water partition coefficient (Wildman–Crippen LogP) is 5.73. The predicted molar refractivity (Wildman–Crippen MR) is 101 cm³/mol. The highest BCUT2D eigenvalue weighted by atomic mass is 19.4. The molecule has 0 spiro atoms. The topological polar surface area (TPSA) is 32.7 Å². The zero-order valence-corrected chi connectivity index (χ0v) is 17.3. The summed E-state index contributed by atoms with van der Waals surface area (Å²) >= 11 is 0. The highest BCUT2D eigenvalue weighted by Crippen LogP contribution is 2.39. The van der Waals surface area contributed by atoms with E-state index in [-0.39, 0.29) is 17.8 Å². The monoisotopic (exact) mass is 441 g/mol. The van der Waals surface area contributed by atoms with E-state index in [4.69, 9.17) is 4.74 Å². The lowest BCUT2D eigenvalue weighted by Crippen LogP contribution is -2.49. The molecule has 1 aliphatic rings. The van der Waals surface area contributed by atoms with Crippen molar-refractivity contribution in [3.63, 3.8) is 0 Å². The van der Waals surface area contributed by atoms with Gasteiger partial charge in [0, 0.05) is 18.6 Å². The lowest BCUT2D eigenvalue weighted by atomic mass is 9.89. The molecule has 1 fully saturated rings. The first-order chi connectivity index (χ1) is 13.8. The van der Waals surface area contributed by atoms with Crippen molar-refractivity contribution in [3.8, 4) is 0 Å². The lowest BCUT2D eigenvalue weighted by Gasteiger charge is -2.42. The number of nitrogens with zero attached hydrogens (tertiary/aromatic N) is 1. The summed E-state index contributed by atoms with van der Waals surface area (Å²) in [6, 6.07) is 3.49. The first-order valence-corrected chi connectivity index (χ1v) is 10.1. The summed E-state index contributed by atoms with van der Waals surface area (Å²) in [5, 5.41) is 9.70. The van der Waals surface area contributed by atoms with E-state index < -0.39 is 42.6 Å². The molecule has 3 nitrogen and oxygen atoms in total. The fraction of sp³-hybridized carbons (Fsp3) is 0.714. The minimum absolute atomic E-state index is 0.0636. The van der Waals surface area contributed by atoms with Gasteiger partial charge in [-0.3, -0.25) is 4.90 Å². The highest BCUT2D eigenvalue weighted by Gasteiger charge is 2.43. The average molecular weight is 441 g/mol. The molecule has 172 valence electrons. The molecule has 0 aromatic heterocycles. The van der Waals surface area contributed by atoms with Crippen molar-refractivity contribution in [2.45, 2.75) is 89.2 Å². The van der Waals surface area contributed by atoms with Gasteiger partial charge in [0.1, 0.15) is 0 Å². The van der Waals surface area contributed by atoms with Crippen LogP contribution in [0.1, 0.15) is 63.6 Å². The zero-order valence-electron chi connectivity index (χ0n) is 17.3. The highest BCUT2D eigenvalue weighted by molar-refractivity contribution is 5.32. The molecule has 0 aliphatic heterocycles. The lowest BCUT2D eigenvalue weighted by molar-refractivity contribution is -0.212. The number of halogens is 6. The van der Waals surface area contributed by atoms with Crippen LogP contribution in [0.3, 0.4) is 0 Å². The van der Waals surface area contributed by atoms with E-state index in [1.54, 1.807) is 0 Å². The second kappa shape index (κ2) is 9.87. The van der Waals surface area contributed by atoms with Crippen LogP contribution in [-0.4, -0.2) is 47.1 Å². The van der Waals surface area contributed by atoms with Gasteiger partial charge in [0.2, 0.25) is 0 Å². The number of rotatable bonds is 7. The van der Waals surface area contributed by atoms with Crippen LogP contribution in [0, 0.1) is 0 Å². The van der Waals surface area contributed by atoms with Crippen LogP contribution < -0.4 is 0 Å². The van der Waals surface area contributed by atoms with Gasteiger partial charge in [-0.1, -0.05) is 18.2 Å². The summed E-state index contributed by atoms with van der Waals surface area (Å²) in [4.78, 5) is 1.36. The smallest absolute Gasteiger partial charge is 0.382 e. The summed E-state index contributed by atoms with van der Waals surface area (Å²) in [6.07, 6.45) is -10.0. The minimum Gasteiger partial charge on any atom is -0.382 e. The van der Waals surface area contributed by atoms with Crippen molar-refractivity contribution in [2.75, 3.05) is 6.54 Å². The molecule has 30 heavy (non-hydrogen) atoms. The van der Waals surface area contributed by atoms with Crippen molar-refractivity contribution in [1.29, 1.82) is 0 Å². The van der Waals surface area contributed by atoms with Crippen LogP contribution in [0.5, 0.6) is 0 Å². The van der Waals surface area contributed by atoms with Gasteiger partial charge in [-0.2, -0.15) is 26.3 Å².